The minimum Gasteiger partial charge on any atom is -0.494 e. The van der Waals surface area contributed by atoms with Gasteiger partial charge in [-0.3, -0.25) is 9.69 Å². The summed E-state index contributed by atoms with van der Waals surface area (Å²) in [6.45, 7) is 12.9. The van der Waals surface area contributed by atoms with E-state index in [1.165, 1.54) is 5.56 Å². The molecule has 0 saturated carbocycles. The quantitative estimate of drug-likeness (QED) is 0.658. The molecule has 0 aliphatic heterocycles. The van der Waals surface area contributed by atoms with E-state index >= 15 is 0 Å². The molecule has 0 aromatic heterocycles. The lowest BCUT2D eigenvalue weighted by molar-refractivity contribution is -0.131. The monoisotopic (exact) mass is 304 g/mol. The van der Waals surface area contributed by atoms with Gasteiger partial charge in [-0.25, -0.2) is 0 Å². The van der Waals surface area contributed by atoms with E-state index in [0.717, 1.165) is 17.9 Å². The Labute approximate surface area is 134 Å². The molecule has 22 heavy (non-hydrogen) atoms. The van der Waals surface area contributed by atoms with Crippen molar-refractivity contribution in [1.82, 2.24) is 9.80 Å². The Morgan fingerprint density at radius 3 is 2.32 bits per heavy atom. The Bertz CT molecular complexity index is 482. The number of nitrogens with zero attached hydrogens (tertiary/aromatic N) is 2. The van der Waals surface area contributed by atoms with Crippen molar-refractivity contribution < 1.29 is 9.53 Å². The van der Waals surface area contributed by atoms with Gasteiger partial charge in [0.15, 0.2) is 0 Å². The summed E-state index contributed by atoms with van der Waals surface area (Å²) >= 11 is 0. The Balaban J connectivity index is 2.52. The van der Waals surface area contributed by atoms with Crippen molar-refractivity contribution in [3.05, 3.63) is 42.0 Å². The van der Waals surface area contributed by atoms with Crippen LogP contribution in [0.2, 0.25) is 0 Å². The predicted octanol–water partition coefficient (Wildman–Crippen LogP) is 2.94. The SMILES string of the molecule is C=C(C)CN(CC)C(=O)CN(C)Cc1ccc(OCC)cc1. The van der Waals surface area contributed by atoms with Crippen molar-refractivity contribution in [3.8, 4) is 5.75 Å². The average Bonchev–Trinajstić information content (AvgIpc) is 2.46. The molecule has 1 amide bonds. The predicted molar refractivity (Wildman–Crippen MR) is 91.0 cm³/mol. The van der Waals surface area contributed by atoms with Gasteiger partial charge in [0.05, 0.1) is 13.2 Å². The second kappa shape index (κ2) is 9.26. The lowest BCUT2D eigenvalue weighted by Crippen LogP contribution is -2.39. The molecule has 0 atom stereocenters. The van der Waals surface area contributed by atoms with Crippen LogP contribution in [0.4, 0.5) is 0 Å². The largest absolute Gasteiger partial charge is 0.494 e. The summed E-state index contributed by atoms with van der Waals surface area (Å²) in [4.78, 5) is 16.1. The van der Waals surface area contributed by atoms with Gasteiger partial charge in [-0.15, -0.1) is 0 Å². The lowest BCUT2D eigenvalue weighted by atomic mass is 10.2. The molecule has 0 radical (unpaired) electrons. The second-order valence-electron chi connectivity index (χ2n) is 5.61. The van der Waals surface area contributed by atoms with Crippen LogP contribution < -0.4 is 4.74 Å². The summed E-state index contributed by atoms with van der Waals surface area (Å²) in [5.41, 5.74) is 2.17. The van der Waals surface area contributed by atoms with E-state index in [1.54, 1.807) is 0 Å². The molecule has 0 spiro atoms. The van der Waals surface area contributed by atoms with E-state index in [2.05, 4.69) is 6.58 Å². The van der Waals surface area contributed by atoms with Crippen LogP contribution in [0, 0.1) is 0 Å². The molecule has 0 fully saturated rings. The van der Waals surface area contributed by atoms with Crippen molar-refractivity contribution in [2.45, 2.75) is 27.3 Å². The van der Waals surface area contributed by atoms with E-state index < -0.39 is 0 Å². The zero-order chi connectivity index (χ0) is 16.5. The smallest absolute Gasteiger partial charge is 0.237 e. The van der Waals surface area contributed by atoms with Crippen LogP contribution in [0.15, 0.2) is 36.4 Å². The highest BCUT2D eigenvalue weighted by atomic mass is 16.5. The average molecular weight is 304 g/mol. The summed E-state index contributed by atoms with van der Waals surface area (Å²) in [6.07, 6.45) is 0. The first-order valence-corrected chi connectivity index (χ1v) is 7.78. The number of ether oxygens (including phenoxy) is 1. The van der Waals surface area contributed by atoms with E-state index in [9.17, 15) is 4.79 Å². The third-order valence-electron chi connectivity index (χ3n) is 3.29. The van der Waals surface area contributed by atoms with Crippen LogP contribution in [0.1, 0.15) is 26.3 Å². The van der Waals surface area contributed by atoms with Gasteiger partial charge in [0.2, 0.25) is 5.91 Å². The van der Waals surface area contributed by atoms with Crippen molar-refractivity contribution in [2.75, 3.05) is 33.3 Å². The molecule has 0 bridgehead atoms. The Morgan fingerprint density at radius 2 is 1.82 bits per heavy atom. The number of benzene rings is 1. The number of rotatable bonds is 9. The van der Waals surface area contributed by atoms with Crippen LogP contribution in [-0.4, -0.2) is 49.0 Å². The van der Waals surface area contributed by atoms with Gasteiger partial charge in [-0.05, 0) is 45.5 Å². The zero-order valence-electron chi connectivity index (χ0n) is 14.3. The molecule has 0 unspecified atom stereocenters. The third kappa shape index (κ3) is 6.31. The molecule has 1 rings (SSSR count). The lowest BCUT2D eigenvalue weighted by Gasteiger charge is -2.24. The molecule has 0 saturated heterocycles. The summed E-state index contributed by atoms with van der Waals surface area (Å²) in [5.74, 6) is 1.02. The first-order valence-electron chi connectivity index (χ1n) is 7.78. The maximum Gasteiger partial charge on any atom is 0.237 e. The number of hydrogen-bond donors (Lipinski definition) is 0. The highest BCUT2D eigenvalue weighted by Crippen LogP contribution is 2.13. The number of carbonyl (C=O) groups is 1. The standard InChI is InChI=1S/C18H28N2O2/c1-6-20(12-15(3)4)18(21)14-19(5)13-16-8-10-17(11-9-16)22-7-2/h8-11H,3,6-7,12-14H2,1-2,4-5H3. The van der Waals surface area contributed by atoms with Crippen molar-refractivity contribution >= 4 is 5.91 Å². The van der Waals surface area contributed by atoms with Gasteiger partial charge in [0.25, 0.3) is 0 Å². The van der Waals surface area contributed by atoms with Gasteiger partial charge >= 0.3 is 0 Å². The van der Waals surface area contributed by atoms with Crippen molar-refractivity contribution in [3.63, 3.8) is 0 Å². The van der Waals surface area contributed by atoms with Gasteiger partial charge < -0.3 is 9.64 Å². The zero-order valence-corrected chi connectivity index (χ0v) is 14.3. The van der Waals surface area contributed by atoms with Crippen LogP contribution in [-0.2, 0) is 11.3 Å². The summed E-state index contributed by atoms with van der Waals surface area (Å²) < 4.78 is 5.43. The summed E-state index contributed by atoms with van der Waals surface area (Å²) in [5, 5.41) is 0. The summed E-state index contributed by atoms with van der Waals surface area (Å²) in [6, 6.07) is 8.01. The molecule has 0 aliphatic rings. The number of amides is 1. The first-order chi connectivity index (χ1) is 10.5. The Kier molecular flexibility index (Phi) is 7.67. The maximum absolute atomic E-state index is 12.3. The molecule has 122 valence electrons. The highest BCUT2D eigenvalue weighted by molar-refractivity contribution is 5.78. The molecular formula is C18H28N2O2. The minimum absolute atomic E-state index is 0.138. The summed E-state index contributed by atoms with van der Waals surface area (Å²) in [7, 11) is 1.96. The fourth-order valence-corrected chi connectivity index (χ4v) is 2.26. The van der Waals surface area contributed by atoms with Gasteiger partial charge in [-0.1, -0.05) is 24.3 Å². The Morgan fingerprint density at radius 1 is 1.18 bits per heavy atom. The van der Waals surface area contributed by atoms with Gasteiger partial charge in [0.1, 0.15) is 5.75 Å². The van der Waals surface area contributed by atoms with E-state index in [4.69, 9.17) is 4.74 Å². The van der Waals surface area contributed by atoms with Gasteiger partial charge in [0, 0.05) is 19.6 Å². The topological polar surface area (TPSA) is 32.8 Å². The molecule has 4 heteroatoms. The van der Waals surface area contributed by atoms with E-state index in [0.29, 0.717) is 26.2 Å². The number of likely N-dealkylation sites (N-methyl/N-ethyl adjacent to an activating group) is 2. The van der Waals surface area contributed by atoms with Gasteiger partial charge in [-0.2, -0.15) is 0 Å². The molecule has 4 nitrogen and oxygen atoms in total. The molecule has 1 aromatic rings. The van der Waals surface area contributed by atoms with Crippen molar-refractivity contribution in [1.29, 1.82) is 0 Å². The fourth-order valence-electron chi connectivity index (χ4n) is 2.26. The molecule has 0 heterocycles. The second-order valence-corrected chi connectivity index (χ2v) is 5.61. The number of carbonyl (C=O) groups excluding carboxylic acids is 1. The fraction of sp³-hybridized carbons (Fsp3) is 0.500. The van der Waals surface area contributed by atoms with E-state index in [1.807, 2.05) is 61.9 Å². The molecule has 0 N–H and O–H groups in total. The minimum atomic E-state index is 0.138. The molecule has 0 aliphatic carbocycles. The first kappa shape index (κ1) is 18.2. The van der Waals surface area contributed by atoms with Crippen LogP contribution in [0.25, 0.3) is 0 Å². The Hall–Kier alpha value is -1.81. The van der Waals surface area contributed by atoms with Crippen LogP contribution >= 0.6 is 0 Å². The molecule has 1 aromatic carbocycles. The van der Waals surface area contributed by atoms with Crippen LogP contribution in [0.5, 0.6) is 5.75 Å². The van der Waals surface area contributed by atoms with Crippen molar-refractivity contribution in [2.24, 2.45) is 0 Å². The number of hydrogen-bond acceptors (Lipinski definition) is 3. The highest BCUT2D eigenvalue weighted by Gasteiger charge is 2.14. The van der Waals surface area contributed by atoms with Crippen LogP contribution in [0.3, 0.4) is 0 Å². The normalized spacial score (nSPS) is 10.6. The van der Waals surface area contributed by atoms with E-state index in [-0.39, 0.29) is 5.91 Å². The maximum atomic E-state index is 12.3. The molecular weight excluding hydrogens is 276 g/mol. The third-order valence-corrected chi connectivity index (χ3v) is 3.29.